The number of rotatable bonds is 9. The standard InChI is InChI=1S/C57H40N2Si.C54H36N2Si/c1-57(2)49-25-13-9-21-41(49)42-31-29-37(33-50(42)57)58-51-26-14-10-22-43(51)47-36-54-48(35-53(47)58)44-23-11-15-27-52(44)59(54)38-30-32-46-45-24-12-16-28-55(45)60(56(46)34-38,39-17-5-3-6-18-39)40-19-7-4-8-20-40;1-4-16-37(17-5-1)38-28-30-39(31-29-38)55-49-25-13-10-22-43(49)47-36-52-48(35-51(47)55)44-23-11-14-26-50(44)56(52)40-32-33-46-45-24-12-15-27-53(45)57(54(46)34-40,41-18-6-2-7-19-41)42-20-8-3-9-21-42/h3-36H,1-2H3;1-36H. The summed E-state index contributed by atoms with van der Waals surface area (Å²) >= 11 is 0. The number of hydrogen-bond acceptors (Lipinski definition) is 0. The SMILES string of the molecule is CC1(C)c2ccccc2-c2ccc(-n3c4ccccc4c4cc5c(cc43)c3ccccc3n5-c3ccc4c(c3)[Si](c3ccccc3)(c3ccccc3)c3ccccc3-4)cc21.c1ccc(-c2ccc(-n3c4ccccc4c4cc5c(cc43)c3ccccc3n5-c3ccc4c(c3)[Si](c3ccccc3)(c3ccccc3)c3ccccc3-4)cc2)cc1. The van der Waals surface area contributed by atoms with Gasteiger partial charge in [0.25, 0.3) is 0 Å². The zero-order valence-corrected chi connectivity index (χ0v) is 66.7. The molecule has 0 saturated heterocycles. The molecule has 0 fully saturated rings. The Bertz CT molecular complexity index is 7740. The Morgan fingerprint density at radius 1 is 0.179 bits per heavy atom. The second kappa shape index (κ2) is 25.8. The van der Waals surface area contributed by atoms with Crippen LogP contribution in [-0.2, 0) is 5.41 Å². The van der Waals surface area contributed by atoms with E-state index in [2.05, 4.69) is 457 Å². The average molecular weight is 1520 g/mol. The third kappa shape index (κ3) is 9.62. The van der Waals surface area contributed by atoms with E-state index < -0.39 is 16.1 Å². The largest absolute Gasteiger partial charge is 0.309 e. The molecule has 548 valence electrons. The molecule has 3 aliphatic rings. The third-order valence-electron chi connectivity index (χ3n) is 26.4. The molecule has 6 heterocycles. The van der Waals surface area contributed by atoms with Crippen molar-refractivity contribution in [1.29, 1.82) is 0 Å². The van der Waals surface area contributed by atoms with Crippen molar-refractivity contribution >= 4 is 145 Å². The first-order chi connectivity index (χ1) is 57.8. The number of para-hydroxylation sites is 4. The van der Waals surface area contributed by atoms with Crippen LogP contribution in [0.5, 0.6) is 0 Å². The Labute approximate surface area is 680 Å². The molecule has 18 aromatic carbocycles. The highest BCUT2D eigenvalue weighted by Gasteiger charge is 2.51. The molecule has 4 nitrogen and oxygen atoms in total. The molecular formula is C111H76N4Si2. The number of aromatic nitrogens is 4. The highest BCUT2D eigenvalue weighted by Crippen LogP contribution is 2.51. The lowest BCUT2D eigenvalue weighted by Gasteiger charge is -2.31. The Morgan fingerprint density at radius 2 is 0.453 bits per heavy atom. The summed E-state index contributed by atoms with van der Waals surface area (Å²) in [5.41, 5.74) is 27.7. The van der Waals surface area contributed by atoms with Crippen LogP contribution in [0.15, 0.2) is 425 Å². The quantitative estimate of drug-likeness (QED) is 0.128. The summed E-state index contributed by atoms with van der Waals surface area (Å²) in [6.07, 6.45) is 0. The molecule has 0 unspecified atom stereocenters. The summed E-state index contributed by atoms with van der Waals surface area (Å²) in [6, 6.07) is 159. The Balaban J connectivity index is 0.000000134. The number of benzene rings is 18. The van der Waals surface area contributed by atoms with E-state index in [1.807, 2.05) is 0 Å². The van der Waals surface area contributed by atoms with Gasteiger partial charge in [0.15, 0.2) is 16.1 Å². The second-order valence-corrected chi connectivity index (χ2v) is 40.0. The van der Waals surface area contributed by atoms with Crippen LogP contribution in [0.2, 0.25) is 0 Å². The van der Waals surface area contributed by atoms with Gasteiger partial charge in [-0.15, -0.1) is 0 Å². The van der Waals surface area contributed by atoms with Crippen molar-refractivity contribution in [2.45, 2.75) is 19.3 Å². The summed E-state index contributed by atoms with van der Waals surface area (Å²) in [5.74, 6) is 0. The van der Waals surface area contributed by atoms with Gasteiger partial charge in [-0.05, 0) is 194 Å². The van der Waals surface area contributed by atoms with E-state index in [0.717, 1.165) is 5.69 Å². The summed E-state index contributed by atoms with van der Waals surface area (Å²) in [6.45, 7) is 4.74. The molecule has 1 aliphatic carbocycles. The predicted octanol–water partition coefficient (Wildman–Crippen LogP) is 22.5. The van der Waals surface area contributed by atoms with Crippen LogP contribution in [0.25, 0.3) is 154 Å². The van der Waals surface area contributed by atoms with Crippen LogP contribution in [0.3, 0.4) is 0 Å². The summed E-state index contributed by atoms with van der Waals surface area (Å²) in [7, 11) is -5.34. The Kier molecular flexibility index (Phi) is 14.8. The van der Waals surface area contributed by atoms with E-state index in [1.165, 1.54) is 201 Å². The van der Waals surface area contributed by atoms with Crippen molar-refractivity contribution in [2.24, 2.45) is 0 Å². The summed E-state index contributed by atoms with van der Waals surface area (Å²) < 4.78 is 9.99. The molecule has 0 saturated carbocycles. The van der Waals surface area contributed by atoms with E-state index in [-0.39, 0.29) is 5.41 Å². The summed E-state index contributed by atoms with van der Waals surface area (Å²) in [4.78, 5) is 0. The lowest BCUT2D eigenvalue weighted by Crippen LogP contribution is -2.72. The molecule has 0 N–H and O–H groups in total. The van der Waals surface area contributed by atoms with Crippen LogP contribution in [0, 0.1) is 0 Å². The molecular weight excluding hydrogens is 1450 g/mol. The van der Waals surface area contributed by atoms with Crippen molar-refractivity contribution in [1.82, 2.24) is 18.3 Å². The van der Waals surface area contributed by atoms with Gasteiger partial charge in [0.05, 0.1) is 44.1 Å². The van der Waals surface area contributed by atoms with Gasteiger partial charge in [0, 0.05) is 71.3 Å². The minimum atomic E-state index is -2.67. The number of nitrogens with zero attached hydrogens (tertiary/aromatic N) is 4. The van der Waals surface area contributed by atoms with Crippen molar-refractivity contribution in [3.05, 3.63) is 436 Å². The fourth-order valence-corrected chi connectivity index (χ4v) is 31.8. The van der Waals surface area contributed by atoms with Gasteiger partial charge in [-0.1, -0.05) is 341 Å². The van der Waals surface area contributed by atoms with E-state index >= 15 is 0 Å². The lowest BCUT2D eigenvalue weighted by atomic mass is 9.82. The maximum atomic E-state index is 2.55. The molecule has 117 heavy (non-hydrogen) atoms. The minimum Gasteiger partial charge on any atom is -0.309 e. The molecule has 0 amide bonds. The van der Waals surface area contributed by atoms with Crippen LogP contribution in [0.1, 0.15) is 25.0 Å². The molecule has 4 aromatic heterocycles. The first kappa shape index (κ1) is 67.1. The van der Waals surface area contributed by atoms with Crippen LogP contribution in [0.4, 0.5) is 0 Å². The topological polar surface area (TPSA) is 19.7 Å². The molecule has 0 bridgehead atoms. The van der Waals surface area contributed by atoms with Crippen molar-refractivity contribution in [3.8, 4) is 67.3 Å². The fraction of sp³-hybridized carbons (Fsp3) is 0.0270. The highest BCUT2D eigenvalue weighted by molar-refractivity contribution is 7.23. The molecule has 0 spiro atoms. The van der Waals surface area contributed by atoms with Crippen molar-refractivity contribution < 1.29 is 0 Å². The zero-order chi connectivity index (χ0) is 77.2. The number of fused-ring (bicyclic) bond motifs is 21. The van der Waals surface area contributed by atoms with Gasteiger partial charge < -0.3 is 18.3 Å². The van der Waals surface area contributed by atoms with E-state index in [9.17, 15) is 0 Å². The maximum absolute atomic E-state index is 2.67. The van der Waals surface area contributed by atoms with E-state index in [4.69, 9.17) is 0 Å². The normalized spacial score (nSPS) is 13.8. The predicted molar refractivity (Wildman–Crippen MR) is 498 cm³/mol. The van der Waals surface area contributed by atoms with Crippen LogP contribution < -0.4 is 41.5 Å². The van der Waals surface area contributed by atoms with Gasteiger partial charge in [-0.2, -0.15) is 0 Å². The van der Waals surface area contributed by atoms with Gasteiger partial charge in [0.1, 0.15) is 0 Å². The minimum absolute atomic E-state index is 0.0833. The molecule has 0 radical (unpaired) electrons. The van der Waals surface area contributed by atoms with Gasteiger partial charge >= 0.3 is 0 Å². The first-order valence-corrected chi connectivity index (χ1v) is 44.9. The zero-order valence-electron chi connectivity index (χ0n) is 64.7. The second-order valence-electron chi connectivity index (χ2n) is 32.5. The summed E-state index contributed by atoms with van der Waals surface area (Å²) in [5, 5.41) is 21.5. The highest BCUT2D eigenvalue weighted by atomic mass is 28.3. The first-order valence-electron chi connectivity index (χ1n) is 40.9. The molecule has 22 aromatic rings. The molecule has 2 aliphatic heterocycles. The van der Waals surface area contributed by atoms with Gasteiger partial charge in [0.2, 0.25) is 0 Å². The van der Waals surface area contributed by atoms with E-state index in [0.29, 0.717) is 0 Å². The monoisotopic (exact) mass is 1520 g/mol. The van der Waals surface area contributed by atoms with Gasteiger partial charge in [-0.3, -0.25) is 0 Å². The van der Waals surface area contributed by atoms with Crippen molar-refractivity contribution in [3.63, 3.8) is 0 Å². The Morgan fingerprint density at radius 3 is 0.846 bits per heavy atom. The Hall–Kier alpha value is -14.4. The van der Waals surface area contributed by atoms with Crippen LogP contribution in [-0.4, -0.2) is 34.4 Å². The van der Waals surface area contributed by atoms with E-state index in [1.54, 1.807) is 0 Å². The van der Waals surface area contributed by atoms with Crippen molar-refractivity contribution in [2.75, 3.05) is 0 Å². The average Bonchev–Trinajstić information content (AvgIpc) is 1.54. The maximum Gasteiger partial charge on any atom is 0.180 e. The lowest BCUT2D eigenvalue weighted by molar-refractivity contribution is 0.660. The van der Waals surface area contributed by atoms with Gasteiger partial charge in [-0.25, -0.2) is 0 Å². The fourth-order valence-electron chi connectivity index (χ4n) is 21.4. The molecule has 6 heteroatoms. The third-order valence-corrected chi connectivity index (χ3v) is 36.1. The molecule has 0 atom stereocenters. The number of hydrogen-bond donors (Lipinski definition) is 0. The smallest absolute Gasteiger partial charge is 0.180 e. The molecule has 25 rings (SSSR count). The van der Waals surface area contributed by atoms with Crippen LogP contribution >= 0.6 is 0 Å².